The normalized spacial score (nSPS) is 14.0. The molecule has 0 N–H and O–H groups in total. The fourth-order valence-corrected chi connectivity index (χ4v) is 3.12. The Morgan fingerprint density at radius 2 is 1.83 bits per heavy atom. The van der Waals surface area contributed by atoms with E-state index in [1.54, 1.807) is 13.1 Å². The van der Waals surface area contributed by atoms with Crippen LogP contribution in [0.15, 0.2) is 54.2 Å². The molecule has 1 aliphatic rings. The summed E-state index contributed by atoms with van der Waals surface area (Å²) in [6.07, 6.45) is 5.82. The van der Waals surface area contributed by atoms with Gasteiger partial charge < -0.3 is 9.47 Å². The van der Waals surface area contributed by atoms with Gasteiger partial charge in [-0.3, -0.25) is 14.6 Å². The first kappa shape index (κ1) is 20.2. The number of nitrogens with zero attached hydrogens (tertiary/aromatic N) is 1. The quantitative estimate of drug-likeness (QED) is 0.324. The van der Waals surface area contributed by atoms with Crippen molar-refractivity contribution in [2.45, 2.75) is 20.3 Å². The van der Waals surface area contributed by atoms with Crippen molar-refractivity contribution in [2.75, 3.05) is 13.2 Å². The van der Waals surface area contributed by atoms with Crippen LogP contribution in [0.2, 0.25) is 0 Å². The van der Waals surface area contributed by atoms with Gasteiger partial charge in [0.15, 0.2) is 6.61 Å². The molecule has 0 amide bonds. The van der Waals surface area contributed by atoms with Crippen molar-refractivity contribution in [2.24, 2.45) is 0 Å². The highest BCUT2D eigenvalue weighted by molar-refractivity contribution is 6.23. The molecule has 1 aromatic carbocycles. The number of esters is 2. The monoisotopic (exact) mass is 391 g/mol. The molecule has 0 fully saturated rings. The average molecular weight is 391 g/mol. The molecule has 148 valence electrons. The standard InChI is InChI=1S/C23H21NO5/c1-3-28-23(27)22(21(26)14-29-15(2)25)18-10-7-11-20-19(18)12-17(13-24-20)16-8-5-4-6-9-16/h4-9,11-13H,3,10,14H2,1-2H3. The van der Waals surface area contributed by atoms with Gasteiger partial charge in [-0.25, -0.2) is 4.79 Å². The van der Waals surface area contributed by atoms with Gasteiger partial charge in [-0.15, -0.1) is 0 Å². The molecule has 6 heteroatoms. The maximum absolute atomic E-state index is 12.7. The zero-order valence-corrected chi connectivity index (χ0v) is 16.3. The van der Waals surface area contributed by atoms with Crippen molar-refractivity contribution in [1.29, 1.82) is 0 Å². The molecule has 29 heavy (non-hydrogen) atoms. The number of benzene rings is 1. The SMILES string of the molecule is CCOC(=O)C(C(=O)COC(C)=O)=C1CC=Cc2ncc(-c3ccccc3)cc21. The highest BCUT2D eigenvalue weighted by Gasteiger charge is 2.28. The summed E-state index contributed by atoms with van der Waals surface area (Å²) in [5.74, 6) is -1.92. The summed E-state index contributed by atoms with van der Waals surface area (Å²) in [4.78, 5) is 41.0. The number of hydrogen-bond acceptors (Lipinski definition) is 6. The van der Waals surface area contributed by atoms with Gasteiger partial charge in [0.1, 0.15) is 5.57 Å². The minimum absolute atomic E-state index is 0.106. The minimum atomic E-state index is -0.731. The fraction of sp³-hybridized carbons (Fsp3) is 0.217. The van der Waals surface area contributed by atoms with Crippen LogP contribution in [0.25, 0.3) is 22.8 Å². The maximum atomic E-state index is 12.7. The van der Waals surface area contributed by atoms with E-state index in [1.807, 2.05) is 48.6 Å². The lowest BCUT2D eigenvalue weighted by Gasteiger charge is -2.18. The number of carbonyl (C=O) groups is 3. The molecule has 1 aliphatic carbocycles. The lowest BCUT2D eigenvalue weighted by molar-refractivity contribution is -0.147. The van der Waals surface area contributed by atoms with Crippen LogP contribution in [0, 0.1) is 0 Å². The van der Waals surface area contributed by atoms with Crippen molar-refractivity contribution in [3.05, 3.63) is 65.5 Å². The number of aromatic nitrogens is 1. The smallest absolute Gasteiger partial charge is 0.342 e. The topological polar surface area (TPSA) is 82.6 Å². The average Bonchev–Trinajstić information content (AvgIpc) is 2.73. The van der Waals surface area contributed by atoms with Crippen LogP contribution in [0.4, 0.5) is 0 Å². The van der Waals surface area contributed by atoms with Gasteiger partial charge in [-0.05, 0) is 36.6 Å². The number of hydrogen-bond donors (Lipinski definition) is 0. The Hall–Kier alpha value is -3.54. The summed E-state index contributed by atoms with van der Waals surface area (Å²) >= 11 is 0. The Balaban J connectivity index is 2.12. The van der Waals surface area contributed by atoms with E-state index in [2.05, 4.69) is 4.98 Å². The van der Waals surface area contributed by atoms with Gasteiger partial charge >= 0.3 is 11.9 Å². The van der Waals surface area contributed by atoms with Crippen molar-refractivity contribution in [3.63, 3.8) is 0 Å². The summed E-state index contributed by atoms with van der Waals surface area (Å²) in [7, 11) is 0. The Labute approximate surface area is 168 Å². The first-order valence-electron chi connectivity index (χ1n) is 9.30. The van der Waals surface area contributed by atoms with Gasteiger partial charge in [-0.1, -0.05) is 36.4 Å². The van der Waals surface area contributed by atoms with Gasteiger partial charge in [0.2, 0.25) is 5.78 Å². The van der Waals surface area contributed by atoms with Gasteiger partial charge in [-0.2, -0.15) is 0 Å². The molecular weight excluding hydrogens is 370 g/mol. The van der Waals surface area contributed by atoms with Crippen LogP contribution >= 0.6 is 0 Å². The Morgan fingerprint density at radius 3 is 2.52 bits per heavy atom. The van der Waals surface area contributed by atoms with E-state index >= 15 is 0 Å². The molecule has 0 atom stereocenters. The van der Waals surface area contributed by atoms with Crippen molar-refractivity contribution in [3.8, 4) is 11.1 Å². The van der Waals surface area contributed by atoms with Crippen LogP contribution in [-0.2, 0) is 23.9 Å². The Bertz CT molecular complexity index is 1010. The zero-order valence-electron chi connectivity index (χ0n) is 16.3. The first-order valence-corrected chi connectivity index (χ1v) is 9.30. The van der Waals surface area contributed by atoms with Crippen LogP contribution in [0.1, 0.15) is 31.5 Å². The zero-order chi connectivity index (χ0) is 20.8. The van der Waals surface area contributed by atoms with Gasteiger partial charge in [0.25, 0.3) is 0 Å². The van der Waals surface area contributed by atoms with Crippen LogP contribution in [0.5, 0.6) is 0 Å². The van der Waals surface area contributed by atoms with Crippen molar-refractivity contribution in [1.82, 2.24) is 4.98 Å². The molecule has 0 unspecified atom stereocenters. The molecule has 3 rings (SSSR count). The second-order valence-corrected chi connectivity index (χ2v) is 6.41. The van der Waals surface area contributed by atoms with E-state index in [4.69, 9.17) is 9.47 Å². The summed E-state index contributed by atoms with van der Waals surface area (Å²) < 4.78 is 9.93. The summed E-state index contributed by atoms with van der Waals surface area (Å²) in [5.41, 5.74) is 3.60. The largest absolute Gasteiger partial charge is 0.462 e. The summed E-state index contributed by atoms with van der Waals surface area (Å²) in [6.45, 7) is 2.49. The molecule has 2 aromatic rings. The van der Waals surface area contributed by atoms with E-state index in [-0.39, 0.29) is 12.2 Å². The Kier molecular flexibility index (Phi) is 6.34. The number of carbonyl (C=O) groups excluding carboxylic acids is 3. The predicted molar refractivity (Wildman–Crippen MR) is 109 cm³/mol. The molecule has 1 aromatic heterocycles. The molecule has 0 spiro atoms. The fourth-order valence-electron chi connectivity index (χ4n) is 3.12. The van der Waals surface area contributed by atoms with E-state index in [1.165, 1.54) is 6.92 Å². The van der Waals surface area contributed by atoms with E-state index < -0.39 is 24.3 Å². The second-order valence-electron chi connectivity index (χ2n) is 6.41. The lowest BCUT2D eigenvalue weighted by atomic mass is 9.88. The first-order chi connectivity index (χ1) is 14.0. The highest BCUT2D eigenvalue weighted by Crippen LogP contribution is 2.34. The molecule has 0 bridgehead atoms. The predicted octanol–water partition coefficient (Wildman–Crippen LogP) is 3.61. The van der Waals surface area contributed by atoms with E-state index in [9.17, 15) is 14.4 Å². The molecule has 0 aliphatic heterocycles. The van der Waals surface area contributed by atoms with Gasteiger partial charge in [0.05, 0.1) is 12.3 Å². The van der Waals surface area contributed by atoms with Gasteiger partial charge in [0, 0.05) is 24.2 Å². The second kappa shape index (κ2) is 9.10. The number of fused-ring (bicyclic) bond motifs is 1. The summed E-state index contributed by atoms with van der Waals surface area (Å²) in [6, 6.07) is 11.6. The number of Topliss-reactive ketones (excluding diaryl/α,β-unsaturated/α-hetero) is 1. The van der Waals surface area contributed by atoms with Crippen molar-refractivity contribution >= 4 is 29.4 Å². The maximum Gasteiger partial charge on any atom is 0.342 e. The van der Waals surface area contributed by atoms with E-state index in [0.29, 0.717) is 23.3 Å². The number of ether oxygens (including phenoxy) is 2. The van der Waals surface area contributed by atoms with Crippen molar-refractivity contribution < 1.29 is 23.9 Å². The number of allylic oxidation sites excluding steroid dienone is 2. The minimum Gasteiger partial charge on any atom is -0.462 e. The Morgan fingerprint density at radius 1 is 1.07 bits per heavy atom. The third kappa shape index (κ3) is 4.66. The highest BCUT2D eigenvalue weighted by atomic mass is 16.5. The number of ketones is 1. The molecule has 1 heterocycles. The van der Waals surface area contributed by atoms with Crippen LogP contribution in [-0.4, -0.2) is 35.9 Å². The number of pyridine rings is 1. The summed E-state index contributed by atoms with van der Waals surface area (Å²) in [5, 5.41) is 0. The molecule has 6 nitrogen and oxygen atoms in total. The third-order valence-electron chi connectivity index (χ3n) is 4.42. The molecule has 0 saturated heterocycles. The third-order valence-corrected chi connectivity index (χ3v) is 4.42. The molecule has 0 saturated carbocycles. The molecular formula is C23H21NO5. The number of rotatable bonds is 6. The van der Waals surface area contributed by atoms with E-state index in [0.717, 1.165) is 11.1 Å². The van der Waals surface area contributed by atoms with Crippen LogP contribution in [0.3, 0.4) is 0 Å². The lowest BCUT2D eigenvalue weighted by Crippen LogP contribution is -2.23. The molecule has 0 radical (unpaired) electrons. The van der Waals surface area contributed by atoms with Crippen LogP contribution < -0.4 is 0 Å².